The van der Waals surface area contributed by atoms with Gasteiger partial charge in [-0.05, 0) is 76.7 Å². The number of halogens is 2. The lowest BCUT2D eigenvalue weighted by Crippen LogP contribution is -2.27. The largest absolute Gasteiger partial charge is 0.352 e. The zero-order valence-corrected chi connectivity index (χ0v) is 17.3. The number of carbonyl (C=O) groups excluding carboxylic acids is 1. The third kappa shape index (κ3) is 4.21. The molecule has 1 aliphatic carbocycles. The maximum absolute atomic E-state index is 13.8. The monoisotopic (exact) mass is 412 g/mol. The standard InChI is InChI=1S/C23H26F2N4O/c1-28(2)10-4-9-26-23(30)15-7-8-20-21(13-15)29(19-5-3-6-19)22(27-20)16-11-17(24)14-18(25)12-16/h7-8,11-14,19H,3-6,9-10H2,1-2H3,(H,26,30). The number of benzene rings is 2. The molecule has 0 radical (unpaired) electrons. The van der Waals surface area contributed by atoms with Gasteiger partial charge in [-0.3, -0.25) is 4.79 Å². The molecule has 1 fully saturated rings. The van der Waals surface area contributed by atoms with Crippen LogP contribution >= 0.6 is 0 Å². The third-order valence-corrected chi connectivity index (χ3v) is 5.58. The molecule has 1 amide bonds. The molecule has 1 heterocycles. The highest BCUT2D eigenvalue weighted by Crippen LogP contribution is 2.39. The van der Waals surface area contributed by atoms with Crippen LogP contribution in [0.15, 0.2) is 36.4 Å². The zero-order valence-electron chi connectivity index (χ0n) is 17.3. The maximum atomic E-state index is 13.8. The van der Waals surface area contributed by atoms with Crippen LogP contribution < -0.4 is 5.32 Å². The highest BCUT2D eigenvalue weighted by Gasteiger charge is 2.26. The first kappa shape index (κ1) is 20.5. The van der Waals surface area contributed by atoms with Gasteiger partial charge in [-0.1, -0.05) is 0 Å². The minimum atomic E-state index is -0.630. The Balaban J connectivity index is 1.68. The first-order chi connectivity index (χ1) is 14.4. The molecular formula is C23H26F2N4O. The first-order valence-corrected chi connectivity index (χ1v) is 10.3. The van der Waals surface area contributed by atoms with Gasteiger partial charge < -0.3 is 14.8 Å². The summed E-state index contributed by atoms with van der Waals surface area (Å²) in [6, 6.07) is 9.07. The van der Waals surface area contributed by atoms with E-state index in [0.717, 1.165) is 43.8 Å². The van der Waals surface area contributed by atoms with Crippen LogP contribution in [0.1, 0.15) is 42.1 Å². The maximum Gasteiger partial charge on any atom is 0.251 e. The fourth-order valence-corrected chi connectivity index (χ4v) is 3.83. The lowest BCUT2D eigenvalue weighted by atomic mass is 9.92. The molecule has 0 saturated heterocycles. The number of amides is 1. The number of imidazole rings is 1. The number of nitrogens with one attached hydrogen (secondary N) is 1. The Bertz CT molecular complexity index is 1050. The first-order valence-electron chi connectivity index (χ1n) is 10.3. The molecule has 0 bridgehead atoms. The van der Waals surface area contributed by atoms with Crippen molar-refractivity contribution in [1.82, 2.24) is 19.8 Å². The van der Waals surface area contributed by atoms with E-state index in [4.69, 9.17) is 0 Å². The smallest absolute Gasteiger partial charge is 0.251 e. The minimum absolute atomic E-state index is 0.129. The van der Waals surface area contributed by atoms with Crippen molar-refractivity contribution in [2.75, 3.05) is 27.2 Å². The van der Waals surface area contributed by atoms with E-state index in [0.29, 0.717) is 29.0 Å². The molecular weight excluding hydrogens is 386 g/mol. The molecule has 0 unspecified atom stereocenters. The summed E-state index contributed by atoms with van der Waals surface area (Å²) in [5.74, 6) is -0.850. The Hall–Kier alpha value is -2.80. The summed E-state index contributed by atoms with van der Waals surface area (Å²) in [4.78, 5) is 19.3. The lowest BCUT2D eigenvalue weighted by Gasteiger charge is -2.29. The van der Waals surface area contributed by atoms with Gasteiger partial charge in [-0.2, -0.15) is 0 Å². The van der Waals surface area contributed by atoms with Crippen molar-refractivity contribution in [3.8, 4) is 11.4 Å². The van der Waals surface area contributed by atoms with Crippen molar-refractivity contribution in [2.24, 2.45) is 0 Å². The zero-order chi connectivity index (χ0) is 21.3. The Morgan fingerprint density at radius 3 is 2.53 bits per heavy atom. The van der Waals surface area contributed by atoms with Gasteiger partial charge in [0.25, 0.3) is 5.91 Å². The second-order valence-corrected chi connectivity index (χ2v) is 8.16. The summed E-state index contributed by atoms with van der Waals surface area (Å²) in [6.45, 7) is 1.51. The lowest BCUT2D eigenvalue weighted by molar-refractivity contribution is 0.0952. The topological polar surface area (TPSA) is 50.2 Å². The number of carbonyl (C=O) groups is 1. The summed E-state index contributed by atoms with van der Waals surface area (Å²) in [6.07, 6.45) is 3.94. The van der Waals surface area contributed by atoms with E-state index in [-0.39, 0.29) is 11.9 Å². The molecule has 0 atom stereocenters. The summed E-state index contributed by atoms with van der Waals surface area (Å²) < 4.78 is 29.7. The molecule has 7 heteroatoms. The SMILES string of the molecule is CN(C)CCCNC(=O)c1ccc2nc(-c3cc(F)cc(F)c3)n(C3CCC3)c2c1. The fourth-order valence-electron chi connectivity index (χ4n) is 3.83. The summed E-state index contributed by atoms with van der Waals surface area (Å²) in [5, 5.41) is 2.95. The van der Waals surface area contributed by atoms with E-state index in [1.165, 1.54) is 12.1 Å². The molecule has 1 aromatic heterocycles. The average molecular weight is 412 g/mol. The van der Waals surface area contributed by atoms with Crippen molar-refractivity contribution >= 4 is 16.9 Å². The molecule has 3 aromatic rings. The number of fused-ring (bicyclic) bond motifs is 1. The summed E-state index contributed by atoms with van der Waals surface area (Å²) in [5.41, 5.74) is 2.50. The van der Waals surface area contributed by atoms with Gasteiger partial charge in [0.2, 0.25) is 0 Å². The molecule has 0 spiro atoms. The van der Waals surface area contributed by atoms with E-state index in [9.17, 15) is 13.6 Å². The third-order valence-electron chi connectivity index (χ3n) is 5.58. The van der Waals surface area contributed by atoms with E-state index in [2.05, 4.69) is 15.2 Å². The number of hydrogen-bond acceptors (Lipinski definition) is 3. The molecule has 5 nitrogen and oxygen atoms in total. The van der Waals surface area contributed by atoms with Crippen molar-refractivity contribution in [1.29, 1.82) is 0 Å². The van der Waals surface area contributed by atoms with Gasteiger partial charge >= 0.3 is 0 Å². The summed E-state index contributed by atoms with van der Waals surface area (Å²) in [7, 11) is 4.00. The van der Waals surface area contributed by atoms with E-state index >= 15 is 0 Å². The highest BCUT2D eigenvalue weighted by atomic mass is 19.1. The van der Waals surface area contributed by atoms with Gasteiger partial charge in [0.1, 0.15) is 17.5 Å². The van der Waals surface area contributed by atoms with Crippen LogP contribution in [0.5, 0.6) is 0 Å². The van der Waals surface area contributed by atoms with Crippen LogP contribution in [0.4, 0.5) is 8.78 Å². The minimum Gasteiger partial charge on any atom is -0.352 e. The predicted molar refractivity (Wildman–Crippen MR) is 113 cm³/mol. The van der Waals surface area contributed by atoms with Crippen molar-refractivity contribution in [3.05, 3.63) is 53.6 Å². The van der Waals surface area contributed by atoms with Crippen molar-refractivity contribution < 1.29 is 13.6 Å². The molecule has 1 aliphatic rings. The Morgan fingerprint density at radius 2 is 1.90 bits per heavy atom. The van der Waals surface area contributed by atoms with Crippen molar-refractivity contribution in [2.45, 2.75) is 31.7 Å². The van der Waals surface area contributed by atoms with Crippen LogP contribution in [-0.2, 0) is 0 Å². The van der Waals surface area contributed by atoms with Crippen LogP contribution in [0.2, 0.25) is 0 Å². The van der Waals surface area contributed by atoms with Crippen LogP contribution in [0.25, 0.3) is 22.4 Å². The van der Waals surface area contributed by atoms with Gasteiger partial charge in [-0.15, -0.1) is 0 Å². The predicted octanol–water partition coefficient (Wildman–Crippen LogP) is 4.39. The number of aromatic nitrogens is 2. The molecule has 30 heavy (non-hydrogen) atoms. The van der Waals surface area contributed by atoms with E-state index < -0.39 is 11.6 Å². The molecule has 1 saturated carbocycles. The number of hydrogen-bond donors (Lipinski definition) is 1. The quantitative estimate of drug-likeness (QED) is 0.586. The van der Waals surface area contributed by atoms with Gasteiger partial charge in [0, 0.05) is 29.8 Å². The van der Waals surface area contributed by atoms with E-state index in [1.54, 1.807) is 12.1 Å². The van der Waals surface area contributed by atoms with Crippen LogP contribution in [-0.4, -0.2) is 47.5 Å². The van der Waals surface area contributed by atoms with Crippen LogP contribution in [0.3, 0.4) is 0 Å². The van der Waals surface area contributed by atoms with Gasteiger partial charge in [0.15, 0.2) is 0 Å². The molecule has 4 rings (SSSR count). The average Bonchev–Trinajstić information content (AvgIpc) is 3.01. The van der Waals surface area contributed by atoms with Gasteiger partial charge in [-0.25, -0.2) is 13.8 Å². The fraction of sp³-hybridized carbons (Fsp3) is 0.391. The Morgan fingerprint density at radius 1 is 1.17 bits per heavy atom. The highest BCUT2D eigenvalue weighted by molar-refractivity contribution is 5.98. The second-order valence-electron chi connectivity index (χ2n) is 8.16. The van der Waals surface area contributed by atoms with Gasteiger partial charge in [0.05, 0.1) is 11.0 Å². The number of nitrogens with zero attached hydrogens (tertiary/aromatic N) is 3. The van der Waals surface area contributed by atoms with E-state index in [1.807, 2.05) is 24.7 Å². The normalized spacial score (nSPS) is 14.3. The van der Waals surface area contributed by atoms with Crippen LogP contribution in [0, 0.1) is 11.6 Å². The number of rotatable bonds is 7. The molecule has 1 N–H and O–H groups in total. The molecule has 2 aromatic carbocycles. The molecule has 0 aliphatic heterocycles. The summed E-state index contributed by atoms with van der Waals surface area (Å²) >= 11 is 0. The second kappa shape index (κ2) is 8.52. The Labute approximate surface area is 174 Å². The Kier molecular flexibility index (Phi) is 5.81. The molecule has 158 valence electrons. The van der Waals surface area contributed by atoms with Crippen molar-refractivity contribution in [3.63, 3.8) is 0 Å².